The highest BCUT2D eigenvalue weighted by molar-refractivity contribution is 9.10. The summed E-state index contributed by atoms with van der Waals surface area (Å²) >= 11 is 3.40. The lowest BCUT2D eigenvalue weighted by atomic mass is 10.1. The van der Waals surface area contributed by atoms with Crippen LogP contribution >= 0.6 is 15.9 Å². The Balaban J connectivity index is 2.31. The van der Waals surface area contributed by atoms with Crippen molar-refractivity contribution in [3.63, 3.8) is 0 Å². The van der Waals surface area contributed by atoms with E-state index in [-0.39, 0.29) is 11.7 Å². The standard InChI is InChI=1S/C9H13BrN2O2S/c1-2-12-8(10)5-11-9(12)7-3-4-15(13,14)6-7/h5,7H,2-4,6H2,1H3. The van der Waals surface area contributed by atoms with Gasteiger partial charge in [-0.15, -0.1) is 0 Å². The van der Waals surface area contributed by atoms with Crippen molar-refractivity contribution < 1.29 is 8.42 Å². The maximum Gasteiger partial charge on any atom is 0.151 e. The van der Waals surface area contributed by atoms with E-state index in [0.29, 0.717) is 12.2 Å². The molecule has 1 aliphatic rings. The molecule has 15 heavy (non-hydrogen) atoms. The van der Waals surface area contributed by atoms with E-state index >= 15 is 0 Å². The van der Waals surface area contributed by atoms with E-state index in [2.05, 4.69) is 20.9 Å². The van der Waals surface area contributed by atoms with Crippen LogP contribution in [0.3, 0.4) is 0 Å². The van der Waals surface area contributed by atoms with Crippen molar-refractivity contribution >= 4 is 25.8 Å². The van der Waals surface area contributed by atoms with Gasteiger partial charge in [0.1, 0.15) is 10.4 Å². The molecule has 6 heteroatoms. The van der Waals surface area contributed by atoms with Gasteiger partial charge in [0.2, 0.25) is 0 Å². The van der Waals surface area contributed by atoms with Crippen molar-refractivity contribution in [2.75, 3.05) is 11.5 Å². The SMILES string of the molecule is CCn1c(Br)cnc1C1CCS(=O)(=O)C1. The third kappa shape index (κ3) is 2.10. The van der Waals surface area contributed by atoms with Crippen molar-refractivity contribution in [2.24, 2.45) is 0 Å². The van der Waals surface area contributed by atoms with Crippen LogP contribution in [0.25, 0.3) is 0 Å². The largest absolute Gasteiger partial charge is 0.323 e. The van der Waals surface area contributed by atoms with Crippen molar-refractivity contribution in [3.05, 3.63) is 16.6 Å². The molecule has 2 heterocycles. The van der Waals surface area contributed by atoms with E-state index in [0.717, 1.165) is 17.0 Å². The highest BCUT2D eigenvalue weighted by Gasteiger charge is 2.32. The van der Waals surface area contributed by atoms with Gasteiger partial charge < -0.3 is 4.57 Å². The molecule has 1 aromatic heterocycles. The molecule has 2 rings (SSSR count). The van der Waals surface area contributed by atoms with Gasteiger partial charge in [-0.05, 0) is 29.3 Å². The fourth-order valence-electron chi connectivity index (χ4n) is 2.01. The van der Waals surface area contributed by atoms with E-state index in [1.165, 1.54) is 0 Å². The minimum Gasteiger partial charge on any atom is -0.323 e. The van der Waals surface area contributed by atoms with Gasteiger partial charge in [0, 0.05) is 12.5 Å². The summed E-state index contributed by atoms with van der Waals surface area (Å²) in [4.78, 5) is 4.29. The number of imidazole rings is 1. The Morgan fingerprint density at radius 3 is 2.93 bits per heavy atom. The third-order valence-corrected chi connectivity index (χ3v) is 5.15. The van der Waals surface area contributed by atoms with Crippen LogP contribution in [0.1, 0.15) is 25.1 Å². The Bertz CT molecular complexity index is 466. The smallest absolute Gasteiger partial charge is 0.151 e. The Kier molecular flexibility index (Phi) is 2.89. The third-order valence-electron chi connectivity index (χ3n) is 2.75. The molecule has 0 N–H and O–H groups in total. The summed E-state index contributed by atoms with van der Waals surface area (Å²) in [5.74, 6) is 1.51. The Hall–Kier alpha value is -0.360. The molecule has 1 unspecified atom stereocenters. The van der Waals surface area contributed by atoms with Crippen LogP contribution in [0.2, 0.25) is 0 Å². The molecule has 84 valence electrons. The Morgan fingerprint density at radius 1 is 1.67 bits per heavy atom. The average molecular weight is 293 g/mol. The first-order valence-corrected chi connectivity index (χ1v) is 7.56. The van der Waals surface area contributed by atoms with E-state index < -0.39 is 9.84 Å². The zero-order chi connectivity index (χ0) is 11.1. The Morgan fingerprint density at radius 2 is 2.40 bits per heavy atom. The fraction of sp³-hybridized carbons (Fsp3) is 0.667. The minimum absolute atomic E-state index is 0.0706. The topological polar surface area (TPSA) is 52.0 Å². The number of aromatic nitrogens is 2. The summed E-state index contributed by atoms with van der Waals surface area (Å²) in [7, 11) is -2.83. The lowest BCUT2D eigenvalue weighted by Gasteiger charge is -2.10. The van der Waals surface area contributed by atoms with Gasteiger partial charge in [0.15, 0.2) is 9.84 Å². The van der Waals surface area contributed by atoms with Gasteiger partial charge in [-0.2, -0.15) is 0 Å². The second-order valence-electron chi connectivity index (χ2n) is 3.78. The van der Waals surface area contributed by atoms with Gasteiger partial charge in [-0.25, -0.2) is 13.4 Å². The molecular formula is C9H13BrN2O2S. The summed E-state index contributed by atoms with van der Waals surface area (Å²) in [5, 5.41) is 0. The predicted molar refractivity (Wildman–Crippen MR) is 61.6 cm³/mol. The molecule has 1 atom stereocenters. The van der Waals surface area contributed by atoms with Gasteiger partial charge in [0.25, 0.3) is 0 Å². The average Bonchev–Trinajstić information content (AvgIpc) is 2.69. The van der Waals surface area contributed by atoms with E-state index in [4.69, 9.17) is 0 Å². The molecule has 0 radical (unpaired) electrons. The van der Waals surface area contributed by atoms with Crippen molar-refractivity contribution in [3.8, 4) is 0 Å². The second-order valence-corrected chi connectivity index (χ2v) is 6.82. The normalized spacial score (nSPS) is 24.5. The zero-order valence-corrected chi connectivity index (χ0v) is 10.9. The van der Waals surface area contributed by atoms with Crippen LogP contribution in [0.15, 0.2) is 10.8 Å². The molecule has 4 nitrogen and oxygen atoms in total. The monoisotopic (exact) mass is 292 g/mol. The number of hydrogen-bond donors (Lipinski definition) is 0. The van der Waals surface area contributed by atoms with Gasteiger partial charge in [-0.1, -0.05) is 0 Å². The number of nitrogens with zero attached hydrogens (tertiary/aromatic N) is 2. The number of rotatable bonds is 2. The van der Waals surface area contributed by atoms with Crippen LogP contribution in [0.4, 0.5) is 0 Å². The van der Waals surface area contributed by atoms with E-state index in [9.17, 15) is 8.42 Å². The summed E-state index contributed by atoms with van der Waals surface area (Å²) < 4.78 is 25.7. The second kappa shape index (κ2) is 3.90. The van der Waals surface area contributed by atoms with Crippen LogP contribution in [-0.2, 0) is 16.4 Å². The minimum atomic E-state index is -2.83. The lowest BCUT2D eigenvalue weighted by Crippen LogP contribution is -2.10. The van der Waals surface area contributed by atoms with E-state index in [1.807, 2.05) is 11.5 Å². The van der Waals surface area contributed by atoms with E-state index in [1.54, 1.807) is 6.20 Å². The van der Waals surface area contributed by atoms with Crippen molar-refractivity contribution in [1.82, 2.24) is 9.55 Å². The first-order chi connectivity index (χ1) is 7.03. The molecular weight excluding hydrogens is 280 g/mol. The molecule has 0 bridgehead atoms. The van der Waals surface area contributed by atoms with Crippen LogP contribution in [0, 0.1) is 0 Å². The maximum absolute atomic E-state index is 11.4. The first kappa shape index (κ1) is 11.1. The quantitative estimate of drug-likeness (QED) is 0.831. The van der Waals surface area contributed by atoms with Crippen LogP contribution in [0.5, 0.6) is 0 Å². The first-order valence-electron chi connectivity index (χ1n) is 4.95. The highest BCUT2D eigenvalue weighted by Crippen LogP contribution is 2.29. The molecule has 1 saturated heterocycles. The summed E-state index contributed by atoms with van der Waals surface area (Å²) in [5.41, 5.74) is 0. The number of halogens is 1. The van der Waals surface area contributed by atoms with Gasteiger partial charge in [0.05, 0.1) is 17.7 Å². The molecule has 0 aliphatic carbocycles. The summed E-state index contributed by atoms with van der Waals surface area (Å²) in [6.07, 6.45) is 2.44. The summed E-state index contributed by atoms with van der Waals surface area (Å²) in [6, 6.07) is 0. The molecule has 0 aromatic carbocycles. The highest BCUT2D eigenvalue weighted by atomic mass is 79.9. The zero-order valence-electron chi connectivity index (χ0n) is 8.48. The van der Waals surface area contributed by atoms with Crippen molar-refractivity contribution in [1.29, 1.82) is 0 Å². The molecule has 0 amide bonds. The lowest BCUT2D eigenvalue weighted by molar-refractivity contribution is 0.597. The molecule has 1 aromatic rings. The number of sulfone groups is 1. The molecule has 1 aliphatic heterocycles. The Labute approximate surface area is 97.7 Å². The van der Waals surface area contributed by atoms with Crippen molar-refractivity contribution in [2.45, 2.75) is 25.8 Å². The summed E-state index contributed by atoms with van der Waals surface area (Å²) in [6.45, 7) is 2.84. The maximum atomic E-state index is 11.4. The van der Waals surface area contributed by atoms with Crippen LogP contribution in [-0.4, -0.2) is 29.5 Å². The number of hydrogen-bond acceptors (Lipinski definition) is 3. The molecule has 0 saturated carbocycles. The predicted octanol–water partition coefficient (Wildman–Crippen LogP) is 1.57. The fourth-order valence-corrected chi connectivity index (χ4v) is 4.28. The molecule has 1 fully saturated rings. The van der Waals surface area contributed by atoms with Gasteiger partial charge in [-0.3, -0.25) is 0 Å². The van der Waals surface area contributed by atoms with Gasteiger partial charge >= 0.3 is 0 Å². The molecule has 0 spiro atoms. The van der Waals surface area contributed by atoms with Crippen LogP contribution < -0.4 is 0 Å².